The maximum Gasteiger partial charge on any atom is 0.303 e. The number of aliphatic carboxylic acids is 1. The quantitative estimate of drug-likeness (QED) is 0.642. The van der Waals surface area contributed by atoms with Gasteiger partial charge in [-0.25, -0.2) is 0 Å². The average molecular weight is 160 g/mol. The molecule has 3 nitrogen and oxygen atoms in total. The van der Waals surface area contributed by atoms with Gasteiger partial charge in [0.1, 0.15) is 0 Å². The van der Waals surface area contributed by atoms with Gasteiger partial charge in [0.15, 0.2) is 0 Å². The van der Waals surface area contributed by atoms with Gasteiger partial charge in [0.2, 0.25) is 0 Å². The largest absolute Gasteiger partial charge is 0.481 e. The Kier molecular flexibility index (Phi) is 5.84. The number of hydrogen-bond donors (Lipinski definition) is 1. The van der Waals surface area contributed by atoms with Gasteiger partial charge >= 0.3 is 5.97 Å². The third kappa shape index (κ3) is 5.85. The SMILES string of the molecule is CCOC(CC)CCC(=O)O. The van der Waals surface area contributed by atoms with Crippen LogP contribution >= 0.6 is 0 Å². The summed E-state index contributed by atoms with van der Waals surface area (Å²) in [5, 5.41) is 8.37. The van der Waals surface area contributed by atoms with Crippen molar-refractivity contribution in [1.82, 2.24) is 0 Å². The molecule has 3 heteroatoms. The molecule has 0 aliphatic carbocycles. The summed E-state index contributed by atoms with van der Waals surface area (Å²) >= 11 is 0. The zero-order valence-electron chi connectivity index (χ0n) is 7.17. The Balaban J connectivity index is 3.43. The normalized spacial score (nSPS) is 12.9. The van der Waals surface area contributed by atoms with E-state index in [-0.39, 0.29) is 12.5 Å². The number of ether oxygens (including phenoxy) is 1. The predicted molar refractivity (Wildman–Crippen MR) is 42.6 cm³/mol. The smallest absolute Gasteiger partial charge is 0.303 e. The first kappa shape index (κ1) is 10.4. The second kappa shape index (κ2) is 6.16. The fraction of sp³-hybridized carbons (Fsp3) is 0.875. The second-order valence-electron chi connectivity index (χ2n) is 2.42. The molecule has 0 aromatic heterocycles. The number of hydrogen-bond acceptors (Lipinski definition) is 2. The Labute approximate surface area is 67.4 Å². The van der Waals surface area contributed by atoms with Crippen LogP contribution in [0.2, 0.25) is 0 Å². The standard InChI is InChI=1S/C8H16O3/c1-3-7(11-4-2)5-6-8(9)10/h7H,3-6H2,1-2H3,(H,9,10). The molecule has 0 rings (SSSR count). The molecule has 1 unspecified atom stereocenters. The third-order valence-electron chi connectivity index (χ3n) is 1.54. The van der Waals surface area contributed by atoms with Crippen LogP contribution in [0.3, 0.4) is 0 Å². The lowest BCUT2D eigenvalue weighted by atomic mass is 10.1. The average Bonchev–Trinajstić information content (AvgIpc) is 1.97. The Bertz CT molecular complexity index is 112. The summed E-state index contributed by atoms with van der Waals surface area (Å²) in [6, 6.07) is 0. The fourth-order valence-electron chi connectivity index (χ4n) is 0.925. The highest BCUT2D eigenvalue weighted by molar-refractivity contribution is 5.66. The first-order valence-corrected chi connectivity index (χ1v) is 4.04. The van der Waals surface area contributed by atoms with Crippen molar-refractivity contribution in [1.29, 1.82) is 0 Å². The van der Waals surface area contributed by atoms with Gasteiger partial charge in [-0.1, -0.05) is 6.92 Å². The summed E-state index contributed by atoms with van der Waals surface area (Å²) in [7, 11) is 0. The minimum absolute atomic E-state index is 0.121. The van der Waals surface area contributed by atoms with Crippen LogP contribution in [0.4, 0.5) is 0 Å². The zero-order chi connectivity index (χ0) is 8.69. The van der Waals surface area contributed by atoms with Gasteiger partial charge in [-0.05, 0) is 19.8 Å². The van der Waals surface area contributed by atoms with Crippen LogP contribution in [0.25, 0.3) is 0 Å². The van der Waals surface area contributed by atoms with Crippen LogP contribution in [-0.2, 0) is 9.53 Å². The molecule has 0 saturated heterocycles. The molecular formula is C8H16O3. The van der Waals surface area contributed by atoms with Crippen LogP contribution in [0.5, 0.6) is 0 Å². The molecule has 0 amide bonds. The van der Waals surface area contributed by atoms with Gasteiger partial charge < -0.3 is 9.84 Å². The molecule has 66 valence electrons. The van der Waals surface area contributed by atoms with Crippen molar-refractivity contribution in [2.24, 2.45) is 0 Å². The molecule has 0 fully saturated rings. The molecule has 11 heavy (non-hydrogen) atoms. The highest BCUT2D eigenvalue weighted by Crippen LogP contribution is 2.05. The Hall–Kier alpha value is -0.570. The van der Waals surface area contributed by atoms with E-state index in [1.807, 2.05) is 13.8 Å². The molecule has 0 saturated carbocycles. The van der Waals surface area contributed by atoms with E-state index in [1.54, 1.807) is 0 Å². The van der Waals surface area contributed by atoms with Crippen molar-refractivity contribution in [3.8, 4) is 0 Å². The molecular weight excluding hydrogens is 144 g/mol. The van der Waals surface area contributed by atoms with Crippen LogP contribution in [0.1, 0.15) is 33.1 Å². The van der Waals surface area contributed by atoms with Crippen molar-refractivity contribution >= 4 is 5.97 Å². The van der Waals surface area contributed by atoms with Gasteiger partial charge in [0.05, 0.1) is 6.10 Å². The molecule has 0 spiro atoms. The molecule has 0 aliphatic rings. The monoisotopic (exact) mass is 160 g/mol. The lowest BCUT2D eigenvalue weighted by Gasteiger charge is -2.12. The predicted octanol–water partition coefficient (Wildman–Crippen LogP) is 1.67. The van der Waals surface area contributed by atoms with Gasteiger partial charge in [-0.15, -0.1) is 0 Å². The Morgan fingerprint density at radius 3 is 2.55 bits per heavy atom. The van der Waals surface area contributed by atoms with Gasteiger partial charge in [0, 0.05) is 13.0 Å². The van der Waals surface area contributed by atoms with E-state index in [2.05, 4.69) is 0 Å². The first-order valence-electron chi connectivity index (χ1n) is 4.04. The second-order valence-corrected chi connectivity index (χ2v) is 2.42. The van der Waals surface area contributed by atoms with Crippen molar-refractivity contribution in [2.75, 3.05) is 6.61 Å². The molecule has 0 aliphatic heterocycles. The maximum absolute atomic E-state index is 10.2. The van der Waals surface area contributed by atoms with Crippen molar-refractivity contribution < 1.29 is 14.6 Å². The van der Waals surface area contributed by atoms with E-state index in [4.69, 9.17) is 9.84 Å². The minimum atomic E-state index is -0.747. The topological polar surface area (TPSA) is 46.5 Å². The molecule has 0 bridgehead atoms. The number of carboxylic acid groups (broad SMARTS) is 1. The minimum Gasteiger partial charge on any atom is -0.481 e. The van der Waals surface area contributed by atoms with Gasteiger partial charge in [-0.2, -0.15) is 0 Å². The lowest BCUT2D eigenvalue weighted by molar-refractivity contribution is -0.137. The van der Waals surface area contributed by atoms with E-state index >= 15 is 0 Å². The molecule has 1 N–H and O–H groups in total. The van der Waals surface area contributed by atoms with Gasteiger partial charge in [0.25, 0.3) is 0 Å². The summed E-state index contributed by atoms with van der Waals surface area (Å²) in [5.41, 5.74) is 0. The highest BCUT2D eigenvalue weighted by Gasteiger charge is 2.07. The number of carbonyl (C=O) groups is 1. The van der Waals surface area contributed by atoms with Crippen LogP contribution in [-0.4, -0.2) is 23.8 Å². The Morgan fingerprint density at radius 1 is 1.55 bits per heavy atom. The van der Waals surface area contributed by atoms with Crippen LogP contribution in [0.15, 0.2) is 0 Å². The summed E-state index contributed by atoms with van der Waals surface area (Å²) in [4.78, 5) is 10.2. The molecule has 1 atom stereocenters. The summed E-state index contributed by atoms with van der Waals surface area (Å²) in [5.74, 6) is -0.747. The fourth-order valence-corrected chi connectivity index (χ4v) is 0.925. The lowest BCUT2D eigenvalue weighted by Crippen LogP contribution is -2.13. The summed E-state index contributed by atoms with van der Waals surface area (Å²) < 4.78 is 5.28. The van der Waals surface area contributed by atoms with Crippen LogP contribution < -0.4 is 0 Å². The summed E-state index contributed by atoms with van der Waals surface area (Å²) in [6.45, 7) is 4.59. The zero-order valence-corrected chi connectivity index (χ0v) is 7.17. The highest BCUT2D eigenvalue weighted by atomic mass is 16.5. The number of carboxylic acids is 1. The number of rotatable bonds is 6. The molecule has 0 aromatic rings. The van der Waals surface area contributed by atoms with E-state index in [0.29, 0.717) is 13.0 Å². The van der Waals surface area contributed by atoms with Crippen molar-refractivity contribution in [3.63, 3.8) is 0 Å². The van der Waals surface area contributed by atoms with Gasteiger partial charge in [-0.3, -0.25) is 4.79 Å². The maximum atomic E-state index is 10.2. The molecule has 0 aromatic carbocycles. The van der Waals surface area contributed by atoms with E-state index < -0.39 is 5.97 Å². The van der Waals surface area contributed by atoms with E-state index in [0.717, 1.165) is 6.42 Å². The van der Waals surface area contributed by atoms with E-state index in [9.17, 15) is 4.79 Å². The molecule has 0 heterocycles. The molecule has 0 radical (unpaired) electrons. The third-order valence-corrected chi connectivity index (χ3v) is 1.54. The Morgan fingerprint density at radius 2 is 2.18 bits per heavy atom. The van der Waals surface area contributed by atoms with Crippen molar-refractivity contribution in [2.45, 2.75) is 39.2 Å². The van der Waals surface area contributed by atoms with Crippen molar-refractivity contribution in [3.05, 3.63) is 0 Å². The first-order chi connectivity index (χ1) is 5.20. The van der Waals surface area contributed by atoms with Crippen LogP contribution in [0, 0.1) is 0 Å². The summed E-state index contributed by atoms with van der Waals surface area (Å²) in [6.07, 6.45) is 1.84. The van der Waals surface area contributed by atoms with E-state index in [1.165, 1.54) is 0 Å².